The Kier molecular flexibility index (Phi) is 4.56. The second-order valence-electron chi connectivity index (χ2n) is 4.59. The molecule has 1 aromatic heterocycles. The van der Waals surface area contributed by atoms with E-state index in [1.807, 2.05) is 38.1 Å². The van der Waals surface area contributed by atoms with Crippen LogP contribution in [0.15, 0.2) is 24.3 Å². The van der Waals surface area contributed by atoms with Crippen LogP contribution in [0.1, 0.15) is 24.6 Å². The van der Waals surface area contributed by atoms with E-state index in [2.05, 4.69) is 9.72 Å². The van der Waals surface area contributed by atoms with E-state index < -0.39 is 0 Å². The van der Waals surface area contributed by atoms with Crippen LogP contribution in [0.5, 0.6) is 5.75 Å². The summed E-state index contributed by atoms with van der Waals surface area (Å²) in [5, 5.41) is 1.08. The predicted molar refractivity (Wildman–Crippen MR) is 78.0 cm³/mol. The number of nitrogens with zero attached hydrogens (tertiary/aromatic N) is 1. The number of para-hydroxylation sites is 1. The highest BCUT2D eigenvalue weighted by atomic mass is 16.5. The molecule has 0 radical (unpaired) electrons. The Balaban J connectivity index is 2.38. The average molecular weight is 273 g/mol. The number of aromatic nitrogens is 1. The van der Waals surface area contributed by atoms with E-state index in [0.717, 1.165) is 27.9 Å². The molecule has 0 N–H and O–H groups in total. The third-order valence-corrected chi connectivity index (χ3v) is 3.18. The summed E-state index contributed by atoms with van der Waals surface area (Å²) in [6.07, 6.45) is 0.912. The molecule has 4 nitrogen and oxygen atoms in total. The summed E-state index contributed by atoms with van der Waals surface area (Å²) in [5.41, 5.74) is 2.87. The second-order valence-corrected chi connectivity index (χ2v) is 4.59. The Morgan fingerprint density at radius 3 is 2.85 bits per heavy atom. The Morgan fingerprint density at radius 2 is 2.15 bits per heavy atom. The molecule has 1 heterocycles. The van der Waals surface area contributed by atoms with E-state index in [0.29, 0.717) is 19.4 Å². The molecule has 0 fully saturated rings. The lowest BCUT2D eigenvalue weighted by Crippen LogP contribution is -2.04. The zero-order valence-electron chi connectivity index (χ0n) is 12.1. The van der Waals surface area contributed by atoms with E-state index in [9.17, 15) is 4.79 Å². The van der Waals surface area contributed by atoms with Crippen LogP contribution in [0.3, 0.4) is 0 Å². The fourth-order valence-electron chi connectivity index (χ4n) is 2.19. The number of benzene rings is 1. The third kappa shape index (κ3) is 3.07. The largest absolute Gasteiger partial charge is 0.492 e. The van der Waals surface area contributed by atoms with Crippen molar-refractivity contribution in [3.8, 4) is 5.75 Å². The summed E-state index contributed by atoms with van der Waals surface area (Å²) in [6, 6.07) is 7.93. The van der Waals surface area contributed by atoms with Gasteiger partial charge in [-0.05, 0) is 31.5 Å². The molecule has 0 bridgehead atoms. The van der Waals surface area contributed by atoms with E-state index in [4.69, 9.17) is 4.74 Å². The number of esters is 1. The second kappa shape index (κ2) is 6.37. The van der Waals surface area contributed by atoms with Gasteiger partial charge in [0.1, 0.15) is 11.3 Å². The first-order valence-corrected chi connectivity index (χ1v) is 6.74. The van der Waals surface area contributed by atoms with Gasteiger partial charge in [0.25, 0.3) is 0 Å². The van der Waals surface area contributed by atoms with Crippen molar-refractivity contribution in [1.29, 1.82) is 0 Å². The monoisotopic (exact) mass is 273 g/mol. The number of rotatable bonds is 5. The summed E-state index contributed by atoms with van der Waals surface area (Å²) in [5.74, 6) is 0.565. The van der Waals surface area contributed by atoms with Gasteiger partial charge < -0.3 is 9.47 Å². The molecule has 4 heteroatoms. The molecule has 0 aliphatic carbocycles. The van der Waals surface area contributed by atoms with Crippen LogP contribution in [0.25, 0.3) is 10.9 Å². The van der Waals surface area contributed by atoms with E-state index in [1.54, 1.807) is 0 Å². The first-order chi connectivity index (χ1) is 9.65. The standard InChI is InChI=1S/C16H19NO3/c1-4-20-14-7-5-6-13-11(2)10-12(17-16(13)14)8-9-15(18)19-3/h5-7,10H,4,8-9H2,1-3H3. The maximum atomic E-state index is 11.2. The summed E-state index contributed by atoms with van der Waals surface area (Å²) in [6.45, 7) is 4.60. The lowest BCUT2D eigenvalue weighted by Gasteiger charge is -2.10. The van der Waals surface area contributed by atoms with Gasteiger partial charge in [0.15, 0.2) is 0 Å². The lowest BCUT2D eigenvalue weighted by molar-refractivity contribution is -0.140. The normalized spacial score (nSPS) is 10.6. The van der Waals surface area contributed by atoms with Gasteiger partial charge in [0, 0.05) is 17.5 Å². The molecule has 1 aromatic carbocycles. The first-order valence-electron chi connectivity index (χ1n) is 6.74. The van der Waals surface area contributed by atoms with Gasteiger partial charge in [-0.15, -0.1) is 0 Å². The molecule has 0 atom stereocenters. The van der Waals surface area contributed by atoms with E-state index >= 15 is 0 Å². The molecule has 0 aliphatic rings. The first kappa shape index (κ1) is 14.3. The molecule has 0 saturated heterocycles. The molecule has 106 valence electrons. The van der Waals surface area contributed by atoms with Crippen LogP contribution in [0.2, 0.25) is 0 Å². The number of carbonyl (C=O) groups is 1. The number of ether oxygens (including phenoxy) is 2. The van der Waals surface area contributed by atoms with Crippen LogP contribution in [-0.2, 0) is 16.0 Å². The highest BCUT2D eigenvalue weighted by Gasteiger charge is 2.09. The Bertz CT molecular complexity index is 622. The summed E-state index contributed by atoms with van der Waals surface area (Å²) in [4.78, 5) is 15.9. The lowest BCUT2D eigenvalue weighted by atomic mass is 10.1. The highest BCUT2D eigenvalue weighted by Crippen LogP contribution is 2.27. The highest BCUT2D eigenvalue weighted by molar-refractivity contribution is 5.87. The van der Waals surface area contributed by atoms with Gasteiger partial charge in [-0.25, -0.2) is 4.98 Å². The third-order valence-electron chi connectivity index (χ3n) is 3.18. The number of hydrogen-bond acceptors (Lipinski definition) is 4. The maximum absolute atomic E-state index is 11.2. The topological polar surface area (TPSA) is 48.4 Å². The van der Waals surface area contributed by atoms with Gasteiger partial charge in [-0.2, -0.15) is 0 Å². The maximum Gasteiger partial charge on any atom is 0.305 e. The summed E-state index contributed by atoms with van der Waals surface area (Å²) >= 11 is 0. The van der Waals surface area contributed by atoms with Crippen LogP contribution in [-0.4, -0.2) is 24.7 Å². The number of hydrogen-bond donors (Lipinski definition) is 0. The number of carbonyl (C=O) groups excluding carboxylic acids is 1. The molecule has 0 unspecified atom stereocenters. The molecule has 0 aliphatic heterocycles. The van der Waals surface area contributed by atoms with Crippen molar-refractivity contribution in [2.45, 2.75) is 26.7 Å². The Morgan fingerprint density at radius 1 is 1.35 bits per heavy atom. The van der Waals surface area contributed by atoms with Crippen LogP contribution < -0.4 is 4.74 Å². The Hall–Kier alpha value is -2.10. The minimum atomic E-state index is -0.220. The minimum Gasteiger partial charge on any atom is -0.492 e. The van der Waals surface area contributed by atoms with Crippen molar-refractivity contribution < 1.29 is 14.3 Å². The van der Waals surface area contributed by atoms with Crippen LogP contribution >= 0.6 is 0 Å². The van der Waals surface area contributed by atoms with Crippen LogP contribution in [0.4, 0.5) is 0 Å². The molecule has 2 aromatic rings. The summed E-state index contributed by atoms with van der Waals surface area (Å²) in [7, 11) is 1.40. The predicted octanol–water partition coefficient (Wildman–Crippen LogP) is 3.05. The van der Waals surface area contributed by atoms with Crippen molar-refractivity contribution in [3.05, 3.63) is 35.5 Å². The smallest absolute Gasteiger partial charge is 0.305 e. The molecule has 20 heavy (non-hydrogen) atoms. The van der Waals surface area contributed by atoms with Crippen molar-refractivity contribution >= 4 is 16.9 Å². The van der Waals surface area contributed by atoms with Crippen molar-refractivity contribution in [2.75, 3.05) is 13.7 Å². The zero-order valence-corrected chi connectivity index (χ0v) is 12.1. The molecule has 0 saturated carbocycles. The average Bonchev–Trinajstić information content (AvgIpc) is 2.46. The minimum absolute atomic E-state index is 0.220. The fraction of sp³-hybridized carbons (Fsp3) is 0.375. The van der Waals surface area contributed by atoms with E-state index in [1.165, 1.54) is 7.11 Å². The summed E-state index contributed by atoms with van der Waals surface area (Å²) < 4.78 is 10.3. The SMILES string of the molecule is CCOc1cccc2c(C)cc(CCC(=O)OC)nc12. The molecular formula is C16H19NO3. The van der Waals surface area contributed by atoms with Gasteiger partial charge in [0.05, 0.1) is 20.1 Å². The van der Waals surface area contributed by atoms with Gasteiger partial charge >= 0.3 is 5.97 Å². The molecule has 0 amide bonds. The fourth-order valence-corrected chi connectivity index (χ4v) is 2.19. The number of methoxy groups -OCH3 is 1. The number of pyridine rings is 1. The van der Waals surface area contributed by atoms with Crippen molar-refractivity contribution in [2.24, 2.45) is 0 Å². The van der Waals surface area contributed by atoms with Crippen molar-refractivity contribution in [3.63, 3.8) is 0 Å². The quantitative estimate of drug-likeness (QED) is 0.786. The Labute approximate surface area is 118 Å². The van der Waals surface area contributed by atoms with Crippen LogP contribution in [0, 0.1) is 6.92 Å². The van der Waals surface area contributed by atoms with Gasteiger partial charge in [-0.1, -0.05) is 12.1 Å². The zero-order chi connectivity index (χ0) is 14.5. The van der Waals surface area contributed by atoms with Gasteiger partial charge in [0.2, 0.25) is 0 Å². The molecule has 2 rings (SSSR count). The van der Waals surface area contributed by atoms with Gasteiger partial charge in [-0.3, -0.25) is 4.79 Å². The number of fused-ring (bicyclic) bond motifs is 1. The number of aryl methyl sites for hydroxylation is 2. The molecular weight excluding hydrogens is 254 g/mol. The molecule has 0 spiro atoms. The van der Waals surface area contributed by atoms with E-state index in [-0.39, 0.29) is 5.97 Å². The van der Waals surface area contributed by atoms with Crippen molar-refractivity contribution in [1.82, 2.24) is 4.98 Å².